The van der Waals surface area contributed by atoms with Crippen molar-refractivity contribution in [1.29, 1.82) is 0 Å². The first-order valence-electron chi connectivity index (χ1n) is 3.90. The Morgan fingerprint density at radius 3 is 2.38 bits per heavy atom. The lowest BCUT2D eigenvalue weighted by atomic mass is 10.1. The summed E-state index contributed by atoms with van der Waals surface area (Å²) in [6, 6.07) is -1.63. The molecule has 2 nitrogen and oxygen atoms in total. The molecule has 0 bridgehead atoms. The fraction of sp³-hybridized carbons (Fsp3) is 1.00. The summed E-state index contributed by atoms with van der Waals surface area (Å²) in [5, 5.41) is 2.45. The van der Waals surface area contributed by atoms with Gasteiger partial charge in [0.1, 0.15) is 6.04 Å². The average molecular weight is 215 g/mol. The largest absolute Gasteiger partial charge is 0.404 e. The predicted molar refractivity (Wildman–Crippen MR) is 44.9 cm³/mol. The van der Waals surface area contributed by atoms with Crippen molar-refractivity contribution in [3.63, 3.8) is 0 Å². The Bertz CT molecular complexity index is 226. The molecule has 0 amide bonds. The van der Waals surface area contributed by atoms with Crippen molar-refractivity contribution in [3.8, 4) is 0 Å². The molecule has 1 aliphatic rings. The summed E-state index contributed by atoms with van der Waals surface area (Å²) in [6.07, 6.45) is -4.30. The molecule has 0 aromatic rings. The maximum atomic E-state index is 12.3. The van der Waals surface area contributed by atoms with E-state index in [1.165, 1.54) is 0 Å². The minimum Gasteiger partial charge on any atom is -0.299 e. The van der Waals surface area contributed by atoms with Crippen LogP contribution in [0, 0.1) is 0 Å². The van der Waals surface area contributed by atoms with Crippen molar-refractivity contribution in [2.45, 2.75) is 31.6 Å². The minimum atomic E-state index is -4.30. The van der Waals surface area contributed by atoms with E-state index in [-0.39, 0.29) is 11.5 Å². The Labute approximate surface area is 77.3 Å². The maximum absolute atomic E-state index is 12.3. The molecule has 1 rings (SSSR count). The molecule has 1 fully saturated rings. The molecule has 78 valence electrons. The third-order valence-electron chi connectivity index (χ3n) is 1.83. The van der Waals surface area contributed by atoms with Crippen LogP contribution in [-0.2, 0) is 10.8 Å². The van der Waals surface area contributed by atoms with Crippen molar-refractivity contribution in [1.82, 2.24) is 5.32 Å². The summed E-state index contributed by atoms with van der Waals surface area (Å²) in [7, 11) is -1.37. The van der Waals surface area contributed by atoms with E-state index in [2.05, 4.69) is 5.32 Å². The third-order valence-corrected chi connectivity index (χ3v) is 3.58. The van der Waals surface area contributed by atoms with Gasteiger partial charge in [-0.15, -0.1) is 0 Å². The van der Waals surface area contributed by atoms with E-state index in [1.54, 1.807) is 13.8 Å². The van der Waals surface area contributed by atoms with E-state index in [1.807, 2.05) is 0 Å². The van der Waals surface area contributed by atoms with E-state index in [0.29, 0.717) is 0 Å². The summed E-state index contributed by atoms with van der Waals surface area (Å²) in [5.41, 5.74) is -0.691. The fourth-order valence-corrected chi connectivity index (χ4v) is 3.03. The highest BCUT2D eigenvalue weighted by molar-refractivity contribution is 7.85. The number of nitrogens with one attached hydrogen (secondary N) is 1. The molecule has 0 radical (unpaired) electrons. The zero-order chi connectivity index (χ0) is 10.3. The zero-order valence-corrected chi connectivity index (χ0v) is 8.26. The lowest BCUT2D eigenvalue weighted by Gasteiger charge is -2.37. The van der Waals surface area contributed by atoms with Crippen LogP contribution in [0.3, 0.4) is 0 Å². The molecule has 2 unspecified atom stereocenters. The number of rotatable bonds is 0. The normalized spacial score (nSPS) is 34.5. The van der Waals surface area contributed by atoms with Crippen LogP contribution in [-0.4, -0.2) is 33.5 Å². The van der Waals surface area contributed by atoms with Gasteiger partial charge in [-0.1, -0.05) is 0 Å². The van der Waals surface area contributed by atoms with Gasteiger partial charge in [0.25, 0.3) is 0 Å². The Kier molecular flexibility index (Phi) is 2.73. The summed E-state index contributed by atoms with van der Waals surface area (Å²) in [4.78, 5) is 0. The van der Waals surface area contributed by atoms with Gasteiger partial charge < -0.3 is 0 Å². The van der Waals surface area contributed by atoms with Crippen molar-refractivity contribution in [2.75, 3.05) is 11.5 Å². The van der Waals surface area contributed by atoms with E-state index in [0.717, 1.165) is 0 Å². The molecule has 13 heavy (non-hydrogen) atoms. The van der Waals surface area contributed by atoms with Gasteiger partial charge in [0.2, 0.25) is 0 Å². The van der Waals surface area contributed by atoms with Crippen molar-refractivity contribution < 1.29 is 17.4 Å². The first-order chi connectivity index (χ1) is 5.71. The van der Waals surface area contributed by atoms with Crippen LogP contribution in [0.25, 0.3) is 0 Å². The molecular formula is C7H12F3NOS. The Morgan fingerprint density at radius 2 is 2.00 bits per heavy atom. The predicted octanol–water partition coefficient (Wildman–Crippen LogP) is 1.05. The highest BCUT2D eigenvalue weighted by Crippen LogP contribution is 2.26. The molecule has 1 N–H and O–H groups in total. The van der Waals surface area contributed by atoms with Gasteiger partial charge in [0, 0.05) is 27.8 Å². The Balaban J connectivity index is 2.74. The van der Waals surface area contributed by atoms with E-state index < -0.39 is 28.6 Å². The van der Waals surface area contributed by atoms with E-state index in [9.17, 15) is 17.4 Å². The monoisotopic (exact) mass is 215 g/mol. The van der Waals surface area contributed by atoms with Gasteiger partial charge in [-0.25, -0.2) is 0 Å². The zero-order valence-electron chi connectivity index (χ0n) is 7.44. The lowest BCUT2D eigenvalue weighted by molar-refractivity contribution is -0.155. The second-order valence-corrected chi connectivity index (χ2v) is 5.37. The van der Waals surface area contributed by atoms with Crippen LogP contribution in [0.2, 0.25) is 0 Å². The average Bonchev–Trinajstić information content (AvgIpc) is 1.79. The van der Waals surface area contributed by atoms with Crippen LogP contribution in [0.4, 0.5) is 13.2 Å². The minimum absolute atomic E-state index is 0.277. The molecule has 1 aliphatic heterocycles. The van der Waals surface area contributed by atoms with Gasteiger partial charge in [-0.3, -0.25) is 9.53 Å². The van der Waals surface area contributed by atoms with Crippen LogP contribution < -0.4 is 5.32 Å². The van der Waals surface area contributed by atoms with Crippen LogP contribution in [0.1, 0.15) is 13.8 Å². The summed E-state index contributed by atoms with van der Waals surface area (Å²) < 4.78 is 47.9. The second kappa shape index (κ2) is 3.24. The molecule has 6 heteroatoms. The van der Waals surface area contributed by atoms with Gasteiger partial charge in [0.05, 0.1) is 0 Å². The summed E-state index contributed by atoms with van der Waals surface area (Å²) in [6.45, 7) is 3.26. The third kappa shape index (κ3) is 2.95. The Morgan fingerprint density at radius 1 is 1.46 bits per heavy atom. The fourth-order valence-electron chi connectivity index (χ4n) is 1.38. The first kappa shape index (κ1) is 11.0. The molecule has 2 atom stereocenters. The Hall–Kier alpha value is -0.100. The van der Waals surface area contributed by atoms with Crippen molar-refractivity contribution in [3.05, 3.63) is 0 Å². The molecule has 0 aromatic heterocycles. The molecule has 0 saturated carbocycles. The van der Waals surface area contributed by atoms with E-state index >= 15 is 0 Å². The van der Waals surface area contributed by atoms with E-state index in [4.69, 9.17) is 0 Å². The van der Waals surface area contributed by atoms with Crippen LogP contribution in [0.15, 0.2) is 0 Å². The molecular weight excluding hydrogens is 203 g/mol. The molecule has 0 aromatic carbocycles. The van der Waals surface area contributed by atoms with Crippen molar-refractivity contribution >= 4 is 10.8 Å². The van der Waals surface area contributed by atoms with Crippen LogP contribution in [0.5, 0.6) is 0 Å². The number of hydrogen-bond acceptors (Lipinski definition) is 2. The van der Waals surface area contributed by atoms with Crippen molar-refractivity contribution in [2.24, 2.45) is 0 Å². The molecule has 1 saturated heterocycles. The smallest absolute Gasteiger partial charge is 0.299 e. The number of alkyl halides is 3. The second-order valence-electron chi connectivity index (χ2n) is 3.87. The summed E-state index contributed by atoms with van der Waals surface area (Å²) >= 11 is 0. The topological polar surface area (TPSA) is 29.1 Å². The maximum Gasteiger partial charge on any atom is 0.404 e. The first-order valence-corrected chi connectivity index (χ1v) is 5.39. The van der Waals surface area contributed by atoms with Gasteiger partial charge in [-0.2, -0.15) is 13.2 Å². The number of halogens is 3. The highest BCUT2D eigenvalue weighted by atomic mass is 32.2. The number of hydrogen-bond donors (Lipinski definition) is 1. The summed E-state index contributed by atoms with van der Waals surface area (Å²) in [5.74, 6) is -0.0491. The van der Waals surface area contributed by atoms with Gasteiger partial charge in [-0.05, 0) is 13.8 Å². The van der Waals surface area contributed by atoms with Gasteiger partial charge in [0.15, 0.2) is 0 Å². The molecule has 0 aliphatic carbocycles. The molecule has 0 spiro atoms. The lowest BCUT2D eigenvalue weighted by Crippen LogP contribution is -2.61. The van der Waals surface area contributed by atoms with Gasteiger partial charge >= 0.3 is 6.18 Å². The highest BCUT2D eigenvalue weighted by Gasteiger charge is 2.46. The SMILES string of the molecule is CC1(C)CS(=O)CC(C(F)(F)F)N1. The quantitative estimate of drug-likeness (QED) is 0.654. The molecule has 1 heterocycles. The van der Waals surface area contributed by atoms with Crippen LogP contribution >= 0.6 is 0 Å². The standard InChI is InChI=1S/C7H12F3NOS/c1-6(2)4-13(12)3-5(11-6)7(8,9)10/h5,11H,3-4H2,1-2H3.